The number of methoxy groups -OCH3 is 1. The fourth-order valence-corrected chi connectivity index (χ4v) is 3.56. The highest BCUT2D eigenvalue weighted by Gasteiger charge is 2.15. The maximum Gasteiger partial charge on any atom is 0.337 e. The Morgan fingerprint density at radius 3 is 2.13 bits per heavy atom. The van der Waals surface area contributed by atoms with Crippen molar-refractivity contribution in [3.05, 3.63) is 78.6 Å². The maximum absolute atomic E-state index is 11.8. The molecule has 0 bridgehead atoms. The summed E-state index contributed by atoms with van der Waals surface area (Å²) < 4.78 is 6.77. The van der Waals surface area contributed by atoms with E-state index in [9.17, 15) is 4.79 Å². The van der Waals surface area contributed by atoms with Crippen molar-refractivity contribution >= 4 is 28.0 Å². The van der Waals surface area contributed by atoms with Crippen LogP contribution in [0.2, 0.25) is 0 Å². The van der Waals surface area contributed by atoms with Crippen molar-refractivity contribution in [2.45, 2.75) is 0 Å². The van der Waals surface area contributed by atoms with Gasteiger partial charge in [-0.2, -0.15) is 0 Å². The number of esters is 1. The third kappa shape index (κ3) is 2.99. The first kappa shape index (κ1) is 18.0. The smallest absolute Gasteiger partial charge is 0.337 e. The van der Waals surface area contributed by atoms with Crippen LogP contribution in [0.4, 0.5) is 0 Å². The maximum atomic E-state index is 11.8. The summed E-state index contributed by atoms with van der Waals surface area (Å²) in [4.78, 5) is 26.1. The van der Waals surface area contributed by atoms with Gasteiger partial charge in [-0.05, 0) is 24.3 Å². The molecule has 0 aliphatic rings. The molecule has 6 nitrogen and oxygen atoms in total. The molecule has 146 valence electrons. The molecule has 3 aromatic carbocycles. The van der Waals surface area contributed by atoms with Crippen molar-refractivity contribution in [3.8, 4) is 22.5 Å². The molecule has 30 heavy (non-hydrogen) atoms. The summed E-state index contributed by atoms with van der Waals surface area (Å²) in [5, 5.41) is 0. The molecular weight excluding hydrogens is 376 g/mol. The predicted octanol–water partition coefficient (Wildman–Crippen LogP) is 4.64. The minimum atomic E-state index is -0.369. The molecule has 0 fully saturated rings. The third-order valence-corrected chi connectivity index (χ3v) is 5.14. The normalized spacial score (nSPS) is 11.1. The van der Waals surface area contributed by atoms with Crippen LogP contribution in [-0.2, 0) is 11.8 Å². The van der Waals surface area contributed by atoms with Crippen LogP contribution >= 0.6 is 0 Å². The molecule has 5 aromatic rings. The van der Waals surface area contributed by atoms with Gasteiger partial charge in [-0.15, -0.1) is 0 Å². The highest BCUT2D eigenvalue weighted by atomic mass is 16.5. The van der Waals surface area contributed by atoms with Crippen molar-refractivity contribution in [1.29, 1.82) is 0 Å². The minimum absolute atomic E-state index is 0.369. The molecule has 0 N–H and O–H groups in total. The fourth-order valence-electron chi connectivity index (χ4n) is 3.56. The average Bonchev–Trinajstić information content (AvgIpc) is 3.16. The van der Waals surface area contributed by atoms with E-state index in [1.54, 1.807) is 18.5 Å². The number of fused-ring (bicyclic) bond motifs is 2. The Morgan fingerprint density at radius 2 is 1.47 bits per heavy atom. The number of imidazole rings is 1. The van der Waals surface area contributed by atoms with E-state index in [-0.39, 0.29) is 5.97 Å². The quantitative estimate of drug-likeness (QED) is 0.417. The second-order valence-electron chi connectivity index (χ2n) is 7.04. The molecule has 0 unspecified atom stereocenters. The molecule has 2 aromatic heterocycles. The number of benzene rings is 3. The minimum Gasteiger partial charge on any atom is -0.465 e. The lowest BCUT2D eigenvalue weighted by Crippen LogP contribution is -2.01. The summed E-state index contributed by atoms with van der Waals surface area (Å²) in [7, 11) is 3.33. The van der Waals surface area contributed by atoms with E-state index < -0.39 is 0 Å². The van der Waals surface area contributed by atoms with Gasteiger partial charge in [0.15, 0.2) is 0 Å². The van der Waals surface area contributed by atoms with Crippen molar-refractivity contribution in [3.63, 3.8) is 0 Å². The zero-order valence-electron chi connectivity index (χ0n) is 16.5. The lowest BCUT2D eigenvalue weighted by Gasteiger charge is -2.11. The molecule has 0 aliphatic carbocycles. The first-order valence-corrected chi connectivity index (χ1v) is 9.51. The second kappa shape index (κ2) is 7.08. The van der Waals surface area contributed by atoms with Crippen LogP contribution in [0.25, 0.3) is 44.6 Å². The van der Waals surface area contributed by atoms with E-state index in [4.69, 9.17) is 14.7 Å². The molecule has 0 amide bonds. The summed E-state index contributed by atoms with van der Waals surface area (Å²) in [6, 6.07) is 21.2. The van der Waals surface area contributed by atoms with Gasteiger partial charge in [-0.3, -0.25) is 0 Å². The van der Waals surface area contributed by atoms with Gasteiger partial charge in [0.25, 0.3) is 0 Å². The van der Waals surface area contributed by atoms with Gasteiger partial charge < -0.3 is 9.30 Å². The number of aromatic nitrogens is 4. The number of ether oxygens (including phenoxy) is 1. The van der Waals surface area contributed by atoms with Crippen LogP contribution in [0.15, 0.2) is 73.1 Å². The first-order valence-electron chi connectivity index (χ1n) is 9.51. The Kier molecular flexibility index (Phi) is 4.25. The van der Waals surface area contributed by atoms with Gasteiger partial charge in [-0.25, -0.2) is 19.7 Å². The summed E-state index contributed by atoms with van der Waals surface area (Å²) in [5.74, 6) is -0.369. The van der Waals surface area contributed by atoms with Crippen LogP contribution in [0.1, 0.15) is 10.4 Å². The number of hydrogen-bond donors (Lipinski definition) is 0. The summed E-state index contributed by atoms with van der Waals surface area (Å²) in [6.07, 6.45) is 1.79. The van der Waals surface area contributed by atoms with E-state index in [0.29, 0.717) is 5.56 Å². The molecule has 0 atom stereocenters. The largest absolute Gasteiger partial charge is 0.465 e. The lowest BCUT2D eigenvalue weighted by atomic mass is 10.0. The number of hydrogen-bond acceptors (Lipinski definition) is 5. The Labute approximate surface area is 172 Å². The molecule has 6 heteroatoms. The lowest BCUT2D eigenvalue weighted by molar-refractivity contribution is 0.0601. The van der Waals surface area contributed by atoms with Crippen LogP contribution in [-0.4, -0.2) is 32.6 Å². The Hall–Kier alpha value is -4.06. The number of carbonyl (C=O) groups excluding carboxylic acids is 1. The summed E-state index contributed by atoms with van der Waals surface area (Å²) in [6.45, 7) is 0. The van der Waals surface area contributed by atoms with Crippen LogP contribution in [0.5, 0.6) is 0 Å². The summed E-state index contributed by atoms with van der Waals surface area (Å²) in [5.41, 5.74) is 7.33. The molecule has 2 heterocycles. The monoisotopic (exact) mass is 394 g/mol. The van der Waals surface area contributed by atoms with Gasteiger partial charge in [0.1, 0.15) is 0 Å². The van der Waals surface area contributed by atoms with Gasteiger partial charge >= 0.3 is 5.97 Å². The van der Waals surface area contributed by atoms with Gasteiger partial charge in [0.2, 0.25) is 0 Å². The van der Waals surface area contributed by atoms with Gasteiger partial charge in [-0.1, -0.05) is 42.5 Å². The van der Waals surface area contributed by atoms with Crippen molar-refractivity contribution < 1.29 is 9.53 Å². The van der Waals surface area contributed by atoms with E-state index in [1.807, 2.05) is 66.2 Å². The number of aryl methyl sites for hydroxylation is 1. The SMILES string of the molecule is COC(=O)c1ccc(-c2nc3cc4ncn(C)c4cc3nc2-c2ccccc2)cc1. The average molecular weight is 394 g/mol. The van der Waals surface area contributed by atoms with E-state index in [2.05, 4.69) is 4.98 Å². The molecular formula is C24H18N4O2. The fraction of sp³-hybridized carbons (Fsp3) is 0.0833. The second-order valence-corrected chi connectivity index (χ2v) is 7.04. The van der Waals surface area contributed by atoms with E-state index in [1.165, 1.54) is 7.11 Å². The zero-order valence-corrected chi connectivity index (χ0v) is 16.5. The van der Waals surface area contributed by atoms with Crippen molar-refractivity contribution in [2.75, 3.05) is 7.11 Å². The highest BCUT2D eigenvalue weighted by molar-refractivity contribution is 5.95. The molecule has 5 rings (SSSR count). The third-order valence-electron chi connectivity index (χ3n) is 5.14. The van der Waals surface area contributed by atoms with Crippen LogP contribution in [0, 0.1) is 0 Å². The van der Waals surface area contributed by atoms with Crippen LogP contribution < -0.4 is 0 Å². The van der Waals surface area contributed by atoms with Crippen LogP contribution in [0.3, 0.4) is 0 Å². The van der Waals surface area contributed by atoms with E-state index >= 15 is 0 Å². The number of nitrogens with zero attached hydrogens (tertiary/aromatic N) is 4. The number of rotatable bonds is 3. The predicted molar refractivity (Wildman–Crippen MR) is 116 cm³/mol. The first-order chi connectivity index (χ1) is 14.6. The Balaban J connectivity index is 1.76. The van der Waals surface area contributed by atoms with Crippen molar-refractivity contribution in [2.24, 2.45) is 7.05 Å². The molecule has 0 saturated heterocycles. The molecule has 0 saturated carbocycles. The molecule has 0 spiro atoms. The van der Waals surface area contributed by atoms with Crippen molar-refractivity contribution in [1.82, 2.24) is 19.5 Å². The molecule has 0 radical (unpaired) electrons. The molecule has 0 aliphatic heterocycles. The topological polar surface area (TPSA) is 69.9 Å². The van der Waals surface area contributed by atoms with E-state index in [0.717, 1.165) is 44.6 Å². The van der Waals surface area contributed by atoms with Gasteiger partial charge in [0.05, 0.1) is 52.5 Å². The zero-order chi connectivity index (χ0) is 20.7. The highest BCUT2D eigenvalue weighted by Crippen LogP contribution is 2.32. The Morgan fingerprint density at radius 1 is 0.833 bits per heavy atom. The standard InChI is InChI=1S/C24H18N4O2/c1-28-14-25-20-12-18-19(13-21(20)28)27-22(15-6-4-3-5-7-15)23(26-18)16-8-10-17(11-9-16)24(29)30-2/h3-14H,1-2H3. The number of carbonyl (C=O) groups is 1. The Bertz CT molecular complexity index is 1390. The van der Waals surface area contributed by atoms with Gasteiger partial charge in [0, 0.05) is 18.2 Å². The summed E-state index contributed by atoms with van der Waals surface area (Å²) >= 11 is 0.